The lowest BCUT2D eigenvalue weighted by Crippen LogP contribution is -2.28. The minimum Gasteiger partial charge on any atom is -0.344 e. The van der Waals surface area contributed by atoms with E-state index in [4.69, 9.17) is 11.6 Å². The van der Waals surface area contributed by atoms with Gasteiger partial charge in [-0.3, -0.25) is 14.8 Å². The van der Waals surface area contributed by atoms with Crippen molar-refractivity contribution in [2.24, 2.45) is 0 Å². The highest BCUT2D eigenvalue weighted by Gasteiger charge is 2.33. The molecule has 0 saturated carbocycles. The molecule has 168 valence electrons. The first kappa shape index (κ1) is 23.5. The largest absolute Gasteiger partial charge is 0.416 e. The number of rotatable bonds is 5. The third-order valence-corrected chi connectivity index (χ3v) is 5.56. The second-order valence-corrected chi connectivity index (χ2v) is 9.13. The molecule has 1 N–H and O–H groups in total. The SMILES string of the molecule is CC(NC(=O)c1cc(C(F)(F)F)cc(S(C)(=O)=O)c1)c1nccnc1-c1cnc(Cl)cn1. The molecule has 13 heteroatoms. The number of carbonyl (C=O) groups excluding carboxylic acids is 1. The van der Waals surface area contributed by atoms with E-state index in [0.717, 1.165) is 12.3 Å². The van der Waals surface area contributed by atoms with Gasteiger partial charge in [-0.05, 0) is 25.1 Å². The van der Waals surface area contributed by atoms with E-state index in [1.807, 2.05) is 0 Å². The maximum atomic E-state index is 13.2. The molecule has 0 saturated heterocycles. The Morgan fingerprint density at radius 2 is 1.75 bits per heavy atom. The monoisotopic (exact) mass is 485 g/mol. The molecule has 1 amide bonds. The number of amides is 1. The maximum Gasteiger partial charge on any atom is 0.416 e. The molecule has 1 aromatic carbocycles. The number of sulfone groups is 1. The fraction of sp³-hybridized carbons (Fsp3) is 0.211. The number of alkyl halides is 3. The molecular weight excluding hydrogens is 471 g/mol. The highest BCUT2D eigenvalue weighted by molar-refractivity contribution is 7.90. The molecule has 0 spiro atoms. The summed E-state index contributed by atoms with van der Waals surface area (Å²) in [6.45, 7) is 1.54. The first-order valence-electron chi connectivity index (χ1n) is 8.88. The van der Waals surface area contributed by atoms with Gasteiger partial charge in [0.1, 0.15) is 16.5 Å². The molecule has 3 rings (SSSR count). The molecule has 0 fully saturated rings. The Kier molecular flexibility index (Phi) is 6.46. The van der Waals surface area contributed by atoms with Crippen molar-refractivity contribution in [3.63, 3.8) is 0 Å². The summed E-state index contributed by atoms with van der Waals surface area (Å²) in [6.07, 6.45) is 1.34. The van der Waals surface area contributed by atoms with Crippen LogP contribution in [0, 0.1) is 0 Å². The van der Waals surface area contributed by atoms with Gasteiger partial charge in [0, 0.05) is 24.2 Å². The molecule has 2 heterocycles. The van der Waals surface area contributed by atoms with Crippen LogP contribution in [0.15, 0.2) is 47.9 Å². The lowest BCUT2D eigenvalue weighted by molar-refractivity contribution is -0.137. The Hall–Kier alpha value is -3.12. The second kappa shape index (κ2) is 8.79. The van der Waals surface area contributed by atoms with Gasteiger partial charge in [-0.15, -0.1) is 0 Å². The minimum absolute atomic E-state index is 0.159. The van der Waals surface area contributed by atoms with Crippen molar-refractivity contribution in [3.05, 3.63) is 65.0 Å². The maximum absolute atomic E-state index is 13.2. The average molecular weight is 486 g/mol. The first-order chi connectivity index (χ1) is 14.9. The van der Waals surface area contributed by atoms with Crippen LogP contribution in [0.5, 0.6) is 0 Å². The number of aromatic nitrogens is 4. The van der Waals surface area contributed by atoms with Gasteiger partial charge < -0.3 is 5.32 Å². The van der Waals surface area contributed by atoms with E-state index in [-0.39, 0.29) is 16.5 Å². The van der Waals surface area contributed by atoms with Crippen molar-refractivity contribution in [2.75, 3.05) is 6.26 Å². The number of benzene rings is 1. The van der Waals surface area contributed by atoms with Crippen LogP contribution in [-0.2, 0) is 16.0 Å². The van der Waals surface area contributed by atoms with Crippen molar-refractivity contribution in [3.8, 4) is 11.4 Å². The van der Waals surface area contributed by atoms with Gasteiger partial charge in [-0.1, -0.05) is 11.6 Å². The smallest absolute Gasteiger partial charge is 0.344 e. The fourth-order valence-corrected chi connectivity index (χ4v) is 3.53. The van der Waals surface area contributed by atoms with Gasteiger partial charge in [0.05, 0.1) is 34.6 Å². The van der Waals surface area contributed by atoms with Crippen LogP contribution in [0.1, 0.15) is 34.6 Å². The molecule has 32 heavy (non-hydrogen) atoms. The Morgan fingerprint density at radius 3 is 2.34 bits per heavy atom. The summed E-state index contributed by atoms with van der Waals surface area (Å²) < 4.78 is 63.3. The highest BCUT2D eigenvalue weighted by atomic mass is 35.5. The van der Waals surface area contributed by atoms with E-state index in [1.165, 1.54) is 24.8 Å². The van der Waals surface area contributed by atoms with Gasteiger partial charge in [-0.2, -0.15) is 13.2 Å². The number of carbonyl (C=O) groups is 1. The molecular formula is C19H15ClF3N5O3S. The van der Waals surface area contributed by atoms with Crippen LogP contribution in [-0.4, -0.2) is 40.5 Å². The number of nitrogens with zero attached hydrogens (tertiary/aromatic N) is 4. The van der Waals surface area contributed by atoms with Gasteiger partial charge in [0.25, 0.3) is 5.91 Å². The Labute approximate surface area is 185 Å². The summed E-state index contributed by atoms with van der Waals surface area (Å²) >= 11 is 5.74. The van der Waals surface area contributed by atoms with Gasteiger partial charge in [0.2, 0.25) is 0 Å². The van der Waals surface area contributed by atoms with Crippen molar-refractivity contribution < 1.29 is 26.4 Å². The number of halogens is 4. The number of nitrogens with one attached hydrogen (secondary N) is 1. The molecule has 0 aliphatic carbocycles. The van der Waals surface area contributed by atoms with E-state index in [9.17, 15) is 26.4 Å². The van der Waals surface area contributed by atoms with Crippen LogP contribution in [0.25, 0.3) is 11.4 Å². The quantitative estimate of drug-likeness (QED) is 0.588. The van der Waals surface area contributed by atoms with Crippen LogP contribution < -0.4 is 5.32 Å². The summed E-state index contributed by atoms with van der Waals surface area (Å²) in [5.74, 6) is -0.924. The summed E-state index contributed by atoms with van der Waals surface area (Å²) in [5, 5.41) is 2.67. The summed E-state index contributed by atoms with van der Waals surface area (Å²) in [5.41, 5.74) is -0.853. The fourth-order valence-electron chi connectivity index (χ4n) is 2.75. The molecule has 8 nitrogen and oxygen atoms in total. The van der Waals surface area contributed by atoms with Crippen molar-refractivity contribution in [1.82, 2.24) is 25.3 Å². The van der Waals surface area contributed by atoms with Gasteiger partial charge in [-0.25, -0.2) is 18.4 Å². The standard InChI is InChI=1S/C19H15ClF3N5O3S/c1-10(16-17(25-4-3-24-16)14-8-27-15(20)9-26-14)28-18(29)11-5-12(19(21,22)23)7-13(6-11)32(2,30)31/h3-10H,1-2H3,(H,28,29). The van der Waals surface area contributed by atoms with E-state index in [1.54, 1.807) is 6.92 Å². The van der Waals surface area contributed by atoms with E-state index >= 15 is 0 Å². The zero-order chi connectivity index (χ0) is 23.7. The lowest BCUT2D eigenvalue weighted by atomic mass is 10.1. The third kappa shape index (κ3) is 5.37. The molecule has 0 bridgehead atoms. The summed E-state index contributed by atoms with van der Waals surface area (Å²) in [4.78, 5) is 28.5. The predicted octanol–water partition coefficient (Wildman–Crippen LogP) is 3.50. The van der Waals surface area contributed by atoms with Crippen LogP contribution in [0.2, 0.25) is 5.15 Å². The van der Waals surface area contributed by atoms with Crippen LogP contribution >= 0.6 is 11.6 Å². The zero-order valence-corrected chi connectivity index (χ0v) is 18.1. The molecule has 1 unspecified atom stereocenters. The molecule has 0 radical (unpaired) electrons. The van der Waals surface area contributed by atoms with E-state index in [2.05, 4.69) is 25.3 Å². The zero-order valence-electron chi connectivity index (χ0n) is 16.6. The van der Waals surface area contributed by atoms with E-state index in [0.29, 0.717) is 17.8 Å². The molecule has 0 aliphatic heterocycles. The van der Waals surface area contributed by atoms with E-state index < -0.39 is 44.0 Å². The van der Waals surface area contributed by atoms with Crippen molar-refractivity contribution in [2.45, 2.75) is 24.0 Å². The molecule has 2 aromatic heterocycles. The minimum atomic E-state index is -4.84. The lowest BCUT2D eigenvalue weighted by Gasteiger charge is -2.17. The third-order valence-electron chi connectivity index (χ3n) is 4.27. The Morgan fingerprint density at radius 1 is 1.06 bits per heavy atom. The normalized spacial score (nSPS) is 12.9. The van der Waals surface area contributed by atoms with Gasteiger partial charge in [0.15, 0.2) is 9.84 Å². The Balaban J connectivity index is 1.96. The molecule has 0 aliphatic rings. The van der Waals surface area contributed by atoms with Crippen LogP contribution in [0.4, 0.5) is 13.2 Å². The van der Waals surface area contributed by atoms with Crippen molar-refractivity contribution >= 4 is 27.3 Å². The van der Waals surface area contributed by atoms with Crippen molar-refractivity contribution in [1.29, 1.82) is 0 Å². The number of hydrogen-bond acceptors (Lipinski definition) is 7. The number of hydrogen-bond donors (Lipinski definition) is 1. The molecule has 1 atom stereocenters. The van der Waals surface area contributed by atoms with Gasteiger partial charge >= 0.3 is 6.18 Å². The molecule has 3 aromatic rings. The Bertz CT molecular complexity index is 1270. The summed E-state index contributed by atoms with van der Waals surface area (Å²) in [6, 6.07) is 1.13. The van der Waals surface area contributed by atoms with Crippen LogP contribution in [0.3, 0.4) is 0 Å². The predicted molar refractivity (Wildman–Crippen MR) is 109 cm³/mol. The highest BCUT2D eigenvalue weighted by Crippen LogP contribution is 2.32. The topological polar surface area (TPSA) is 115 Å². The second-order valence-electron chi connectivity index (χ2n) is 6.73. The summed E-state index contributed by atoms with van der Waals surface area (Å²) in [7, 11) is -4.00. The average Bonchev–Trinajstić information content (AvgIpc) is 2.72. The first-order valence-corrected chi connectivity index (χ1v) is 11.1.